The predicted molar refractivity (Wildman–Crippen MR) is 146 cm³/mol. The monoisotopic (exact) mass is 510 g/mol. The first-order valence-corrected chi connectivity index (χ1v) is 13.9. The third kappa shape index (κ3) is 7.09. The highest BCUT2D eigenvalue weighted by atomic mass is 32.2. The molecule has 0 aliphatic heterocycles. The lowest BCUT2D eigenvalue weighted by atomic mass is 10.1. The molecule has 2 unspecified atom stereocenters. The number of aliphatic hydroxyl groups is 1. The lowest BCUT2D eigenvalue weighted by molar-refractivity contribution is 0.116. The molecule has 0 bridgehead atoms. The van der Waals surface area contributed by atoms with Crippen LogP contribution in [0, 0.1) is 19.8 Å². The number of hydrogen-bond acceptors (Lipinski definition) is 5. The van der Waals surface area contributed by atoms with Crippen LogP contribution in [0.25, 0.3) is 0 Å². The zero-order chi connectivity index (χ0) is 26.3. The van der Waals surface area contributed by atoms with Crippen LogP contribution in [0.5, 0.6) is 5.75 Å². The summed E-state index contributed by atoms with van der Waals surface area (Å²) in [5.41, 5.74) is 3.33. The quantitative estimate of drug-likeness (QED) is 0.311. The number of ether oxygens (including phenoxy) is 1. The van der Waals surface area contributed by atoms with Crippen LogP contribution in [0.15, 0.2) is 77.7 Å². The molecule has 36 heavy (non-hydrogen) atoms. The van der Waals surface area contributed by atoms with E-state index in [-0.39, 0.29) is 23.6 Å². The molecule has 0 saturated carbocycles. The van der Waals surface area contributed by atoms with Gasteiger partial charge in [-0.1, -0.05) is 68.8 Å². The Bertz CT molecular complexity index is 1210. The first kappa shape index (κ1) is 27.7. The predicted octanol–water partition coefficient (Wildman–Crippen LogP) is 5.59. The summed E-state index contributed by atoms with van der Waals surface area (Å²) >= 11 is 0. The standard InChI is InChI=1S/C29H38N2O4S/c1-6-29(35-25-10-8-7-9-11-25)30-19-28(32)24-13-15-26(16-14-24)36(33,34)31(20-21(2)3)27-17-12-22(4)18-23(27)5/h7-18,21,28-30,32H,6,19-20H2,1-5H3. The van der Waals surface area contributed by atoms with Gasteiger partial charge in [0, 0.05) is 13.1 Å². The summed E-state index contributed by atoms with van der Waals surface area (Å²) in [6.07, 6.45) is -0.326. The number of para-hydroxylation sites is 1. The Morgan fingerprint density at radius 3 is 2.22 bits per heavy atom. The fourth-order valence-corrected chi connectivity index (χ4v) is 5.72. The van der Waals surface area contributed by atoms with Gasteiger partial charge in [0.25, 0.3) is 10.0 Å². The first-order chi connectivity index (χ1) is 17.1. The molecule has 0 heterocycles. The molecule has 194 valence electrons. The Kier molecular flexibility index (Phi) is 9.54. The molecule has 0 amide bonds. The minimum Gasteiger partial charge on any atom is -0.475 e. The van der Waals surface area contributed by atoms with E-state index >= 15 is 0 Å². The van der Waals surface area contributed by atoms with Crippen LogP contribution in [-0.2, 0) is 10.0 Å². The highest BCUT2D eigenvalue weighted by Crippen LogP contribution is 2.29. The number of benzene rings is 3. The van der Waals surface area contributed by atoms with E-state index in [1.165, 1.54) is 4.31 Å². The average Bonchev–Trinajstić information content (AvgIpc) is 2.85. The Balaban J connectivity index is 1.73. The normalized spacial score (nSPS) is 13.4. The molecule has 2 N–H and O–H groups in total. The molecule has 3 aromatic rings. The van der Waals surface area contributed by atoms with Gasteiger partial charge in [-0.25, -0.2) is 8.42 Å². The van der Waals surface area contributed by atoms with Crippen LogP contribution >= 0.6 is 0 Å². The van der Waals surface area contributed by atoms with Gasteiger partial charge in [0.15, 0.2) is 0 Å². The Morgan fingerprint density at radius 2 is 1.64 bits per heavy atom. The van der Waals surface area contributed by atoms with Crippen molar-refractivity contribution in [3.63, 3.8) is 0 Å². The van der Waals surface area contributed by atoms with Crippen molar-refractivity contribution in [1.82, 2.24) is 5.32 Å². The summed E-state index contributed by atoms with van der Waals surface area (Å²) in [4.78, 5) is 0.200. The SMILES string of the molecule is CCC(NCC(O)c1ccc(S(=O)(=O)N(CC(C)C)c2ccc(C)cc2C)cc1)Oc1ccccc1. The van der Waals surface area contributed by atoms with E-state index < -0.39 is 16.1 Å². The number of nitrogens with zero attached hydrogens (tertiary/aromatic N) is 1. The number of aliphatic hydroxyl groups excluding tert-OH is 1. The molecular formula is C29H38N2O4S. The van der Waals surface area contributed by atoms with Crippen molar-refractivity contribution in [1.29, 1.82) is 0 Å². The van der Waals surface area contributed by atoms with Crippen molar-refractivity contribution in [2.45, 2.75) is 58.3 Å². The van der Waals surface area contributed by atoms with Crippen LogP contribution in [0.4, 0.5) is 5.69 Å². The summed E-state index contributed by atoms with van der Waals surface area (Å²) < 4.78 is 34.7. The molecule has 0 fully saturated rings. The minimum absolute atomic E-state index is 0.150. The van der Waals surface area contributed by atoms with Crippen molar-refractivity contribution < 1.29 is 18.3 Å². The first-order valence-electron chi connectivity index (χ1n) is 12.4. The summed E-state index contributed by atoms with van der Waals surface area (Å²) in [6.45, 7) is 10.6. The number of nitrogens with one attached hydrogen (secondary N) is 1. The van der Waals surface area contributed by atoms with Crippen molar-refractivity contribution in [3.05, 3.63) is 89.5 Å². The zero-order valence-corrected chi connectivity index (χ0v) is 22.6. The third-order valence-electron chi connectivity index (χ3n) is 5.94. The highest BCUT2D eigenvalue weighted by Gasteiger charge is 2.27. The second kappa shape index (κ2) is 12.4. The fourth-order valence-electron chi connectivity index (χ4n) is 4.03. The van der Waals surface area contributed by atoms with Gasteiger partial charge >= 0.3 is 0 Å². The molecule has 0 aliphatic rings. The number of anilines is 1. The second-order valence-corrected chi connectivity index (χ2v) is 11.4. The van der Waals surface area contributed by atoms with Crippen LogP contribution in [0.2, 0.25) is 0 Å². The van der Waals surface area contributed by atoms with E-state index in [9.17, 15) is 13.5 Å². The Morgan fingerprint density at radius 1 is 0.972 bits per heavy atom. The third-order valence-corrected chi connectivity index (χ3v) is 7.73. The van der Waals surface area contributed by atoms with Gasteiger partial charge in [-0.05, 0) is 67.6 Å². The van der Waals surface area contributed by atoms with E-state index in [4.69, 9.17) is 4.74 Å². The molecule has 3 rings (SSSR count). The maximum atomic E-state index is 13.6. The molecule has 2 atom stereocenters. The summed E-state index contributed by atoms with van der Waals surface area (Å²) in [5.74, 6) is 0.910. The molecule has 7 heteroatoms. The second-order valence-electron chi connectivity index (χ2n) is 9.54. The smallest absolute Gasteiger partial charge is 0.264 e. The molecule has 6 nitrogen and oxygen atoms in total. The van der Waals surface area contributed by atoms with Crippen molar-refractivity contribution in [2.24, 2.45) is 5.92 Å². The van der Waals surface area contributed by atoms with Gasteiger partial charge < -0.3 is 9.84 Å². The lowest BCUT2D eigenvalue weighted by Crippen LogP contribution is -2.36. The maximum absolute atomic E-state index is 13.6. The van der Waals surface area contributed by atoms with E-state index in [1.807, 2.05) is 83.1 Å². The highest BCUT2D eigenvalue weighted by molar-refractivity contribution is 7.92. The number of sulfonamides is 1. The van der Waals surface area contributed by atoms with E-state index in [0.29, 0.717) is 17.8 Å². The Labute approximate surface area is 216 Å². The van der Waals surface area contributed by atoms with Gasteiger partial charge in [0.1, 0.15) is 12.0 Å². The van der Waals surface area contributed by atoms with Gasteiger partial charge in [0.2, 0.25) is 0 Å². The Hall–Kier alpha value is -2.87. The summed E-state index contributed by atoms with van der Waals surface area (Å²) in [6, 6.07) is 21.8. The summed E-state index contributed by atoms with van der Waals surface area (Å²) in [5, 5.41) is 13.9. The van der Waals surface area contributed by atoms with Gasteiger partial charge in [-0.3, -0.25) is 9.62 Å². The minimum atomic E-state index is -3.78. The molecule has 0 aliphatic carbocycles. The van der Waals surface area contributed by atoms with Crippen molar-refractivity contribution >= 4 is 15.7 Å². The molecular weight excluding hydrogens is 472 g/mol. The molecule has 0 aromatic heterocycles. The maximum Gasteiger partial charge on any atom is 0.264 e. The fraction of sp³-hybridized carbons (Fsp3) is 0.379. The van der Waals surface area contributed by atoms with Gasteiger partial charge in [-0.15, -0.1) is 0 Å². The van der Waals surface area contributed by atoms with Crippen molar-refractivity contribution in [3.8, 4) is 5.75 Å². The molecule has 0 spiro atoms. The summed E-state index contributed by atoms with van der Waals surface area (Å²) in [7, 11) is -3.78. The zero-order valence-electron chi connectivity index (χ0n) is 21.8. The van der Waals surface area contributed by atoms with Gasteiger partial charge in [0.05, 0.1) is 16.7 Å². The number of aryl methyl sites for hydroxylation is 2. The van der Waals surface area contributed by atoms with Crippen LogP contribution in [0.3, 0.4) is 0 Å². The number of rotatable bonds is 12. The molecule has 3 aromatic carbocycles. The van der Waals surface area contributed by atoms with Crippen LogP contribution in [-0.4, -0.2) is 32.8 Å². The van der Waals surface area contributed by atoms with E-state index in [1.54, 1.807) is 24.3 Å². The molecule has 0 radical (unpaired) electrons. The van der Waals surface area contributed by atoms with Crippen molar-refractivity contribution in [2.75, 3.05) is 17.4 Å². The van der Waals surface area contributed by atoms with E-state index in [0.717, 1.165) is 23.3 Å². The van der Waals surface area contributed by atoms with E-state index in [2.05, 4.69) is 5.32 Å². The largest absolute Gasteiger partial charge is 0.475 e. The molecule has 0 saturated heterocycles. The van der Waals surface area contributed by atoms with Crippen LogP contribution < -0.4 is 14.4 Å². The van der Waals surface area contributed by atoms with Gasteiger partial charge in [-0.2, -0.15) is 0 Å². The topological polar surface area (TPSA) is 78.9 Å². The van der Waals surface area contributed by atoms with Crippen LogP contribution in [0.1, 0.15) is 50.0 Å². The lowest BCUT2D eigenvalue weighted by Gasteiger charge is -2.28. The number of hydrogen-bond donors (Lipinski definition) is 2. The average molecular weight is 511 g/mol.